The molecule has 0 bridgehead atoms. The molecule has 0 saturated heterocycles. The molecule has 0 unspecified atom stereocenters. The molecule has 2 atom stereocenters. The highest BCUT2D eigenvalue weighted by atomic mass is 19.1. The van der Waals surface area contributed by atoms with Gasteiger partial charge in [0.05, 0.1) is 0 Å². The molecule has 0 aromatic heterocycles. The van der Waals surface area contributed by atoms with Crippen LogP contribution in [0.15, 0.2) is 0 Å². The maximum absolute atomic E-state index is 11.9. The summed E-state index contributed by atoms with van der Waals surface area (Å²) in [4.78, 5) is 19.3. The third-order valence-electron chi connectivity index (χ3n) is 0.766. The third-order valence-corrected chi connectivity index (χ3v) is 0.766. The van der Waals surface area contributed by atoms with E-state index in [9.17, 15) is 14.0 Å². The summed E-state index contributed by atoms with van der Waals surface area (Å²) < 4.78 is 11.9. The van der Waals surface area contributed by atoms with Crippen molar-refractivity contribution in [1.29, 1.82) is 0 Å². The lowest BCUT2D eigenvalue weighted by atomic mass is 10.2. The second-order valence-electron chi connectivity index (χ2n) is 1.52. The lowest BCUT2D eigenvalue weighted by Gasteiger charge is -2.04. The number of aliphatic carboxylic acids is 2. The summed E-state index contributed by atoms with van der Waals surface area (Å²) in [5.74, 6) is -3.88. The average molecular weight is 152 g/mol. The van der Waals surface area contributed by atoms with E-state index in [1.165, 1.54) is 0 Å². The fourth-order valence-corrected chi connectivity index (χ4v) is 0.260. The Kier molecular flexibility index (Phi) is 2.75. The molecule has 0 aromatic carbocycles. The molecule has 0 aliphatic carbocycles. The first-order valence-corrected chi connectivity index (χ1v) is 2.24. The van der Waals surface area contributed by atoms with Crippen molar-refractivity contribution in [1.82, 2.24) is 0 Å². The molecule has 0 aliphatic rings. The van der Waals surface area contributed by atoms with Crippen molar-refractivity contribution in [3.05, 3.63) is 0 Å². The predicted octanol–water partition coefficient (Wildman–Crippen LogP) is -1.15. The summed E-state index contributed by atoms with van der Waals surface area (Å²) >= 11 is 0. The fraction of sp³-hybridized carbons (Fsp3) is 0.500. The van der Waals surface area contributed by atoms with Gasteiger partial charge in [0, 0.05) is 0 Å². The van der Waals surface area contributed by atoms with E-state index in [0.717, 1.165) is 0 Å². The summed E-state index contributed by atoms with van der Waals surface area (Å²) in [7, 11) is 0. The summed E-state index contributed by atoms with van der Waals surface area (Å²) in [6, 6.07) is 0. The number of halogens is 1. The molecule has 0 aromatic rings. The van der Waals surface area contributed by atoms with Gasteiger partial charge in [-0.05, 0) is 0 Å². The van der Waals surface area contributed by atoms with Crippen LogP contribution in [0.5, 0.6) is 0 Å². The SMILES string of the molecule is O=C(O)[C@@H](O)[C@@H](F)C(=O)O. The molecule has 0 saturated carbocycles. The normalized spacial score (nSPS) is 15.8. The molecule has 6 heteroatoms. The van der Waals surface area contributed by atoms with Gasteiger partial charge in [-0.1, -0.05) is 0 Å². The predicted molar refractivity (Wildman–Crippen MR) is 26.2 cm³/mol. The Hall–Kier alpha value is -1.17. The first kappa shape index (κ1) is 8.83. The van der Waals surface area contributed by atoms with Crippen molar-refractivity contribution in [2.45, 2.75) is 12.3 Å². The topological polar surface area (TPSA) is 94.8 Å². The second kappa shape index (κ2) is 3.11. The molecule has 10 heavy (non-hydrogen) atoms. The van der Waals surface area contributed by atoms with Crippen molar-refractivity contribution in [3.63, 3.8) is 0 Å². The highest BCUT2D eigenvalue weighted by Crippen LogP contribution is 1.98. The number of carboxylic acid groups (broad SMARTS) is 2. The summed E-state index contributed by atoms with van der Waals surface area (Å²) in [6.07, 6.45) is -5.25. The van der Waals surface area contributed by atoms with Gasteiger partial charge in [-0.2, -0.15) is 0 Å². The van der Waals surface area contributed by atoms with Crippen molar-refractivity contribution in [2.75, 3.05) is 0 Å². The zero-order chi connectivity index (χ0) is 8.31. The number of carbonyl (C=O) groups is 2. The van der Waals surface area contributed by atoms with Crippen LogP contribution in [0.1, 0.15) is 0 Å². The fourth-order valence-electron chi connectivity index (χ4n) is 0.260. The van der Waals surface area contributed by atoms with Gasteiger partial charge in [-0.3, -0.25) is 0 Å². The Morgan fingerprint density at radius 3 is 1.70 bits per heavy atom. The van der Waals surface area contributed by atoms with Gasteiger partial charge < -0.3 is 15.3 Å². The average Bonchev–Trinajstić information content (AvgIpc) is 1.84. The molecule has 0 spiro atoms. The maximum atomic E-state index is 11.9. The Morgan fingerprint density at radius 1 is 1.20 bits per heavy atom. The Morgan fingerprint density at radius 2 is 1.60 bits per heavy atom. The second-order valence-corrected chi connectivity index (χ2v) is 1.52. The third kappa shape index (κ3) is 1.98. The zero-order valence-corrected chi connectivity index (χ0v) is 4.69. The van der Waals surface area contributed by atoms with Crippen LogP contribution < -0.4 is 0 Å². The molecule has 0 amide bonds. The molecular weight excluding hydrogens is 147 g/mol. The van der Waals surface area contributed by atoms with Crippen molar-refractivity contribution >= 4 is 11.9 Å². The highest BCUT2D eigenvalue weighted by Gasteiger charge is 2.31. The number of carboxylic acids is 2. The van der Waals surface area contributed by atoms with Gasteiger partial charge in [0.25, 0.3) is 0 Å². The molecule has 0 radical (unpaired) electrons. The standard InChI is InChI=1S/C4H5FO5/c5-1(3(7)8)2(6)4(9)10/h1-2,6H,(H,7,8)(H,9,10)/t1-,2+/m1/s1. The van der Waals surface area contributed by atoms with Crippen LogP contribution in [-0.4, -0.2) is 39.5 Å². The molecule has 0 heterocycles. The number of aliphatic hydroxyl groups is 1. The lowest BCUT2D eigenvalue weighted by molar-refractivity contribution is -0.160. The van der Waals surface area contributed by atoms with E-state index in [4.69, 9.17) is 15.3 Å². The van der Waals surface area contributed by atoms with Crippen LogP contribution in [0, 0.1) is 0 Å². The highest BCUT2D eigenvalue weighted by molar-refractivity contribution is 5.83. The number of alkyl halides is 1. The monoisotopic (exact) mass is 152 g/mol. The molecule has 0 aliphatic heterocycles. The molecule has 5 nitrogen and oxygen atoms in total. The van der Waals surface area contributed by atoms with Crippen LogP contribution in [0.25, 0.3) is 0 Å². The minimum absolute atomic E-state index is 1.89. The van der Waals surface area contributed by atoms with E-state index in [1.54, 1.807) is 0 Å². The molecule has 3 N–H and O–H groups in total. The van der Waals surface area contributed by atoms with E-state index in [-0.39, 0.29) is 0 Å². The first-order chi connectivity index (χ1) is 4.46. The molecule has 0 fully saturated rings. The Bertz CT molecular complexity index is 138. The zero-order valence-electron chi connectivity index (χ0n) is 4.69. The van der Waals surface area contributed by atoms with Crippen LogP contribution >= 0.6 is 0 Å². The van der Waals surface area contributed by atoms with Crippen molar-refractivity contribution in [2.24, 2.45) is 0 Å². The van der Waals surface area contributed by atoms with Gasteiger partial charge in [0.15, 0.2) is 6.10 Å². The van der Waals surface area contributed by atoms with Crippen LogP contribution in [0.4, 0.5) is 4.39 Å². The van der Waals surface area contributed by atoms with Crippen molar-refractivity contribution < 1.29 is 29.3 Å². The molecule has 58 valence electrons. The van der Waals surface area contributed by atoms with Gasteiger partial charge in [0.1, 0.15) is 0 Å². The Labute approximate surface area is 54.7 Å². The van der Waals surface area contributed by atoms with E-state index >= 15 is 0 Å². The smallest absolute Gasteiger partial charge is 0.341 e. The lowest BCUT2D eigenvalue weighted by Crippen LogP contribution is -2.36. The van der Waals surface area contributed by atoms with Gasteiger partial charge >= 0.3 is 11.9 Å². The van der Waals surface area contributed by atoms with Gasteiger partial charge in [0.2, 0.25) is 6.17 Å². The largest absolute Gasteiger partial charge is 0.479 e. The summed E-state index contributed by atoms with van der Waals surface area (Å²) in [5.41, 5.74) is 0. The minimum Gasteiger partial charge on any atom is -0.479 e. The number of hydrogen-bond donors (Lipinski definition) is 3. The van der Waals surface area contributed by atoms with E-state index in [1.807, 2.05) is 0 Å². The minimum atomic E-state index is -2.77. The Balaban J connectivity index is 4.07. The van der Waals surface area contributed by atoms with Crippen LogP contribution in [0.3, 0.4) is 0 Å². The molecular formula is C4H5FO5. The molecule has 0 rings (SSSR count). The number of rotatable bonds is 3. The van der Waals surface area contributed by atoms with Gasteiger partial charge in [-0.15, -0.1) is 0 Å². The van der Waals surface area contributed by atoms with E-state index in [2.05, 4.69) is 0 Å². The quantitative estimate of drug-likeness (QED) is 0.474. The van der Waals surface area contributed by atoms with Crippen molar-refractivity contribution in [3.8, 4) is 0 Å². The summed E-state index contributed by atoms with van der Waals surface area (Å²) in [5, 5.41) is 23.9. The summed E-state index contributed by atoms with van der Waals surface area (Å²) in [6.45, 7) is 0. The van der Waals surface area contributed by atoms with E-state index < -0.39 is 24.2 Å². The first-order valence-electron chi connectivity index (χ1n) is 2.24. The number of aliphatic hydroxyl groups excluding tert-OH is 1. The van der Waals surface area contributed by atoms with Crippen LogP contribution in [0.2, 0.25) is 0 Å². The number of hydrogen-bond acceptors (Lipinski definition) is 3. The maximum Gasteiger partial charge on any atom is 0.341 e. The van der Waals surface area contributed by atoms with Gasteiger partial charge in [-0.25, -0.2) is 14.0 Å². The van der Waals surface area contributed by atoms with E-state index in [0.29, 0.717) is 0 Å². The van der Waals surface area contributed by atoms with Crippen LogP contribution in [-0.2, 0) is 9.59 Å².